The molecule has 8 heteroatoms. The zero-order chi connectivity index (χ0) is 22.9. The Hall–Kier alpha value is -3.06. The molecule has 0 aliphatic heterocycles. The Kier molecular flexibility index (Phi) is 8.50. The van der Waals surface area contributed by atoms with E-state index in [-0.39, 0.29) is 42.9 Å². The third-order valence-corrected chi connectivity index (χ3v) is 5.50. The van der Waals surface area contributed by atoms with Crippen LogP contribution in [0.3, 0.4) is 0 Å². The third-order valence-electron chi connectivity index (χ3n) is 5.25. The summed E-state index contributed by atoms with van der Waals surface area (Å²) in [7, 11) is 0. The number of ether oxygens (including phenoxy) is 2. The van der Waals surface area contributed by atoms with Crippen molar-refractivity contribution in [1.29, 1.82) is 0 Å². The van der Waals surface area contributed by atoms with Gasteiger partial charge in [-0.25, -0.2) is 0 Å². The Morgan fingerprint density at radius 1 is 0.844 bits per heavy atom. The normalized spacial score (nSPS) is 17.8. The van der Waals surface area contributed by atoms with E-state index >= 15 is 0 Å². The molecule has 1 aliphatic rings. The van der Waals surface area contributed by atoms with Crippen LogP contribution in [-0.4, -0.2) is 42.9 Å². The summed E-state index contributed by atoms with van der Waals surface area (Å²) in [6.07, 6.45) is 3.10. The Morgan fingerprint density at radius 3 is 1.91 bits per heavy atom. The van der Waals surface area contributed by atoms with E-state index < -0.39 is 0 Å². The molecule has 1 fully saturated rings. The molecule has 2 amide bonds. The van der Waals surface area contributed by atoms with E-state index in [0.29, 0.717) is 22.1 Å². The van der Waals surface area contributed by atoms with Gasteiger partial charge in [-0.2, -0.15) is 0 Å². The largest absolute Gasteiger partial charge is 0.484 e. The highest BCUT2D eigenvalue weighted by molar-refractivity contribution is 6.30. The number of halogens is 1. The van der Waals surface area contributed by atoms with E-state index in [9.17, 15) is 14.4 Å². The fraction of sp³-hybridized carbons (Fsp3) is 0.375. The lowest BCUT2D eigenvalue weighted by atomic mass is 9.91. The van der Waals surface area contributed by atoms with Gasteiger partial charge < -0.3 is 20.1 Å². The summed E-state index contributed by atoms with van der Waals surface area (Å²) >= 11 is 5.83. The molecule has 0 bridgehead atoms. The quantitative estimate of drug-likeness (QED) is 0.560. The second-order valence-corrected chi connectivity index (χ2v) is 8.24. The maximum absolute atomic E-state index is 12.2. The van der Waals surface area contributed by atoms with Crippen LogP contribution in [0.4, 0.5) is 0 Å². The first-order valence-electron chi connectivity index (χ1n) is 10.6. The van der Waals surface area contributed by atoms with Gasteiger partial charge in [0.15, 0.2) is 19.0 Å². The van der Waals surface area contributed by atoms with Crippen molar-refractivity contribution in [3.8, 4) is 11.5 Å². The molecule has 3 rings (SSSR count). The molecular formula is C24H27ClN2O5. The molecule has 0 saturated heterocycles. The molecule has 0 aromatic heterocycles. The molecule has 1 aliphatic carbocycles. The van der Waals surface area contributed by atoms with Crippen LogP contribution in [0.15, 0.2) is 48.5 Å². The summed E-state index contributed by atoms with van der Waals surface area (Å²) in [6, 6.07) is 13.7. The molecule has 0 spiro atoms. The molecule has 2 N–H and O–H groups in total. The van der Waals surface area contributed by atoms with E-state index in [2.05, 4.69) is 10.6 Å². The molecule has 0 unspecified atom stereocenters. The average molecular weight is 459 g/mol. The van der Waals surface area contributed by atoms with Gasteiger partial charge in [-0.05, 0) is 69.0 Å². The van der Waals surface area contributed by atoms with Crippen LogP contribution in [-0.2, 0) is 9.59 Å². The number of ketones is 1. The minimum absolute atomic E-state index is 0.0492. The fourth-order valence-electron chi connectivity index (χ4n) is 3.55. The molecule has 7 nitrogen and oxygen atoms in total. The third kappa shape index (κ3) is 7.57. The summed E-state index contributed by atoms with van der Waals surface area (Å²) in [5.74, 6) is 0.641. The summed E-state index contributed by atoms with van der Waals surface area (Å²) in [5.41, 5.74) is 0.543. The van der Waals surface area contributed by atoms with E-state index in [4.69, 9.17) is 21.1 Å². The van der Waals surface area contributed by atoms with Crippen molar-refractivity contribution in [3.63, 3.8) is 0 Å². The Labute approximate surface area is 192 Å². The van der Waals surface area contributed by atoms with Gasteiger partial charge in [0.25, 0.3) is 11.8 Å². The number of hydrogen-bond acceptors (Lipinski definition) is 5. The first-order chi connectivity index (χ1) is 15.4. The van der Waals surface area contributed by atoms with Crippen LogP contribution in [0.5, 0.6) is 11.5 Å². The summed E-state index contributed by atoms with van der Waals surface area (Å²) < 4.78 is 11.0. The van der Waals surface area contributed by atoms with Crippen molar-refractivity contribution in [2.75, 3.05) is 13.2 Å². The molecule has 170 valence electrons. The molecule has 1 saturated carbocycles. The SMILES string of the molecule is CC(=O)c1cccc(OCC(=O)NC2CCC(NC(=O)COc3ccc(Cl)cc3)CC2)c1. The van der Waals surface area contributed by atoms with Crippen LogP contribution in [0.1, 0.15) is 43.0 Å². The topological polar surface area (TPSA) is 93.7 Å². The van der Waals surface area contributed by atoms with Crippen LogP contribution in [0, 0.1) is 0 Å². The van der Waals surface area contributed by atoms with E-state index in [0.717, 1.165) is 25.7 Å². The highest BCUT2D eigenvalue weighted by Crippen LogP contribution is 2.19. The van der Waals surface area contributed by atoms with E-state index in [1.807, 2.05) is 0 Å². The maximum atomic E-state index is 12.2. The van der Waals surface area contributed by atoms with Crippen molar-refractivity contribution >= 4 is 29.2 Å². The molecule has 0 radical (unpaired) electrons. The number of benzene rings is 2. The second-order valence-electron chi connectivity index (χ2n) is 7.80. The molecule has 2 aromatic carbocycles. The predicted molar refractivity (Wildman–Crippen MR) is 121 cm³/mol. The van der Waals surface area contributed by atoms with Crippen LogP contribution < -0.4 is 20.1 Å². The molecular weight excluding hydrogens is 432 g/mol. The minimum atomic E-state index is -0.206. The zero-order valence-corrected chi connectivity index (χ0v) is 18.7. The summed E-state index contributed by atoms with van der Waals surface area (Å²) in [6.45, 7) is 1.32. The van der Waals surface area contributed by atoms with Gasteiger partial charge in [-0.3, -0.25) is 14.4 Å². The van der Waals surface area contributed by atoms with Crippen molar-refractivity contribution in [2.24, 2.45) is 0 Å². The standard InChI is InChI=1S/C24H27ClN2O5/c1-16(28)17-3-2-4-22(13-17)32-15-24(30)27-20-9-7-19(8-10-20)26-23(29)14-31-21-11-5-18(25)6-12-21/h2-6,11-13,19-20H,7-10,14-15H2,1H3,(H,26,29)(H,27,30). The Morgan fingerprint density at radius 2 is 1.38 bits per heavy atom. The highest BCUT2D eigenvalue weighted by atomic mass is 35.5. The van der Waals surface area contributed by atoms with Crippen molar-refractivity contribution in [2.45, 2.75) is 44.7 Å². The van der Waals surface area contributed by atoms with E-state index in [1.165, 1.54) is 6.92 Å². The molecule has 32 heavy (non-hydrogen) atoms. The number of amides is 2. The van der Waals surface area contributed by atoms with Gasteiger partial charge in [-0.1, -0.05) is 23.7 Å². The first-order valence-corrected chi connectivity index (χ1v) is 11.0. The summed E-state index contributed by atoms with van der Waals surface area (Å²) in [4.78, 5) is 35.8. The van der Waals surface area contributed by atoms with Gasteiger partial charge >= 0.3 is 0 Å². The lowest BCUT2D eigenvalue weighted by molar-refractivity contribution is -0.125. The summed E-state index contributed by atoms with van der Waals surface area (Å²) in [5, 5.41) is 6.56. The molecule has 0 heterocycles. The van der Waals surface area contributed by atoms with Gasteiger partial charge in [0.1, 0.15) is 11.5 Å². The van der Waals surface area contributed by atoms with Crippen LogP contribution >= 0.6 is 11.6 Å². The van der Waals surface area contributed by atoms with Crippen LogP contribution in [0.25, 0.3) is 0 Å². The zero-order valence-electron chi connectivity index (χ0n) is 17.9. The minimum Gasteiger partial charge on any atom is -0.484 e. The molecule has 0 atom stereocenters. The van der Waals surface area contributed by atoms with Crippen molar-refractivity contribution in [1.82, 2.24) is 10.6 Å². The Bertz CT molecular complexity index is 940. The van der Waals surface area contributed by atoms with Crippen molar-refractivity contribution < 1.29 is 23.9 Å². The van der Waals surface area contributed by atoms with Gasteiger partial charge in [0.05, 0.1) is 0 Å². The maximum Gasteiger partial charge on any atom is 0.258 e. The van der Waals surface area contributed by atoms with Crippen molar-refractivity contribution in [3.05, 3.63) is 59.1 Å². The van der Waals surface area contributed by atoms with Gasteiger partial charge in [0, 0.05) is 22.7 Å². The smallest absolute Gasteiger partial charge is 0.258 e. The number of Topliss-reactive ketones (excluding diaryl/α,β-unsaturated/α-hetero) is 1. The average Bonchev–Trinajstić information content (AvgIpc) is 2.79. The van der Waals surface area contributed by atoms with Crippen LogP contribution in [0.2, 0.25) is 5.02 Å². The first kappa shape index (κ1) is 23.6. The van der Waals surface area contributed by atoms with E-state index in [1.54, 1.807) is 48.5 Å². The number of carbonyl (C=O) groups excluding carboxylic acids is 3. The number of rotatable bonds is 9. The van der Waals surface area contributed by atoms with Gasteiger partial charge in [0.2, 0.25) is 0 Å². The number of hydrogen-bond donors (Lipinski definition) is 2. The predicted octanol–water partition coefficient (Wildman–Crippen LogP) is 3.54. The number of nitrogens with one attached hydrogen (secondary N) is 2. The fourth-order valence-corrected chi connectivity index (χ4v) is 3.68. The Balaban J connectivity index is 1.33. The second kappa shape index (κ2) is 11.5. The lowest BCUT2D eigenvalue weighted by Gasteiger charge is -2.29. The monoisotopic (exact) mass is 458 g/mol. The lowest BCUT2D eigenvalue weighted by Crippen LogP contribution is -2.45. The highest BCUT2D eigenvalue weighted by Gasteiger charge is 2.23. The van der Waals surface area contributed by atoms with Gasteiger partial charge in [-0.15, -0.1) is 0 Å². The molecule has 2 aromatic rings. The number of carbonyl (C=O) groups is 3.